The van der Waals surface area contributed by atoms with Gasteiger partial charge in [-0.1, -0.05) is 71.4 Å². The van der Waals surface area contributed by atoms with E-state index in [2.05, 4.69) is 42.0 Å². The molecule has 1 heterocycles. The summed E-state index contributed by atoms with van der Waals surface area (Å²) in [7, 11) is 0. The van der Waals surface area contributed by atoms with E-state index in [1.807, 2.05) is 30.3 Å². The van der Waals surface area contributed by atoms with Gasteiger partial charge in [0, 0.05) is 12.5 Å². The molecule has 0 atom stereocenters. The van der Waals surface area contributed by atoms with Gasteiger partial charge in [-0.05, 0) is 25.0 Å². The first kappa shape index (κ1) is 18.4. The van der Waals surface area contributed by atoms with E-state index in [4.69, 9.17) is 4.74 Å². The number of rotatable bonds is 7. The van der Waals surface area contributed by atoms with E-state index in [1.54, 1.807) is 6.07 Å². The van der Waals surface area contributed by atoms with Crippen molar-refractivity contribution < 1.29 is 4.74 Å². The molecule has 0 aliphatic carbocycles. The highest BCUT2D eigenvalue weighted by molar-refractivity contribution is 7.99. The largest absolute Gasteiger partial charge is 0.366 e. The number of benzene rings is 2. The minimum atomic E-state index is -0.134. The zero-order chi connectivity index (χ0) is 18.4. The number of nitrogens with one attached hydrogen (secondary N) is 1. The Kier molecular flexibility index (Phi) is 6.26. The first-order chi connectivity index (χ1) is 12.6. The highest BCUT2D eigenvalue weighted by atomic mass is 32.2. The van der Waals surface area contributed by atoms with Crippen molar-refractivity contribution in [3.63, 3.8) is 0 Å². The third kappa shape index (κ3) is 5.58. The molecular weight excluding hydrogens is 344 g/mol. The molecule has 5 heteroatoms. The maximum absolute atomic E-state index is 11.9. The van der Waals surface area contributed by atoms with Crippen molar-refractivity contribution in [2.45, 2.75) is 32.0 Å². The van der Waals surface area contributed by atoms with Gasteiger partial charge in [0.15, 0.2) is 5.16 Å². The third-order valence-electron chi connectivity index (χ3n) is 3.83. The van der Waals surface area contributed by atoms with Crippen LogP contribution in [0.3, 0.4) is 0 Å². The van der Waals surface area contributed by atoms with Crippen molar-refractivity contribution in [2.24, 2.45) is 0 Å². The molecule has 3 aromatic rings. The number of aryl methyl sites for hydroxylation is 2. The smallest absolute Gasteiger partial charge is 0.251 e. The molecule has 0 fully saturated rings. The summed E-state index contributed by atoms with van der Waals surface area (Å²) in [5, 5.41) is 0.588. The highest BCUT2D eigenvalue weighted by Crippen LogP contribution is 2.16. The zero-order valence-corrected chi connectivity index (χ0v) is 15.8. The number of hydrogen-bond donors (Lipinski definition) is 1. The summed E-state index contributed by atoms with van der Waals surface area (Å²) in [6.45, 7) is 4.69. The topological polar surface area (TPSA) is 55.0 Å². The highest BCUT2D eigenvalue weighted by Gasteiger charge is 2.05. The molecule has 26 heavy (non-hydrogen) atoms. The summed E-state index contributed by atoms with van der Waals surface area (Å²) in [4.78, 5) is 19.3. The van der Waals surface area contributed by atoms with E-state index in [0.717, 1.165) is 16.8 Å². The first-order valence-corrected chi connectivity index (χ1v) is 9.49. The van der Waals surface area contributed by atoms with Crippen molar-refractivity contribution in [1.29, 1.82) is 0 Å². The molecule has 0 saturated carbocycles. The Morgan fingerprint density at radius 1 is 1.00 bits per heavy atom. The van der Waals surface area contributed by atoms with E-state index in [1.165, 1.54) is 22.9 Å². The maximum atomic E-state index is 11.9. The lowest BCUT2D eigenvalue weighted by molar-refractivity contribution is 0.169. The zero-order valence-electron chi connectivity index (χ0n) is 15.0. The average Bonchev–Trinajstić information content (AvgIpc) is 2.58. The van der Waals surface area contributed by atoms with Gasteiger partial charge in [-0.15, -0.1) is 0 Å². The molecule has 0 amide bonds. The number of H-pyrrole nitrogens is 1. The molecule has 3 rings (SSSR count). The van der Waals surface area contributed by atoms with Crippen LogP contribution >= 0.6 is 11.8 Å². The Labute approximate surface area is 157 Å². The predicted octanol–water partition coefficient (Wildman–Crippen LogP) is 4.24. The number of hydrogen-bond acceptors (Lipinski definition) is 4. The van der Waals surface area contributed by atoms with E-state index in [9.17, 15) is 4.79 Å². The van der Waals surface area contributed by atoms with E-state index < -0.39 is 0 Å². The summed E-state index contributed by atoms with van der Waals surface area (Å²) >= 11 is 1.40. The Hall–Kier alpha value is -2.37. The van der Waals surface area contributed by atoms with Crippen LogP contribution in [0.2, 0.25) is 0 Å². The predicted molar refractivity (Wildman–Crippen MR) is 106 cm³/mol. The van der Waals surface area contributed by atoms with Crippen LogP contribution in [0.1, 0.15) is 27.9 Å². The van der Waals surface area contributed by atoms with Crippen molar-refractivity contribution in [1.82, 2.24) is 9.97 Å². The molecule has 0 unspecified atom stereocenters. The molecular formula is C21H22N2O2S. The molecule has 0 spiro atoms. The molecule has 0 bridgehead atoms. The van der Waals surface area contributed by atoms with Gasteiger partial charge in [0.1, 0.15) is 5.94 Å². The average molecular weight is 366 g/mol. The van der Waals surface area contributed by atoms with Gasteiger partial charge in [0.2, 0.25) is 0 Å². The Bertz CT molecular complexity index is 903. The second-order valence-corrected chi connectivity index (χ2v) is 7.22. The van der Waals surface area contributed by atoms with Crippen LogP contribution in [0.4, 0.5) is 0 Å². The van der Waals surface area contributed by atoms with E-state index in [-0.39, 0.29) is 5.56 Å². The summed E-state index contributed by atoms with van der Waals surface area (Å²) in [6, 6.07) is 18.0. The Morgan fingerprint density at radius 2 is 1.73 bits per heavy atom. The van der Waals surface area contributed by atoms with E-state index >= 15 is 0 Å². The monoisotopic (exact) mass is 366 g/mol. The molecule has 0 radical (unpaired) electrons. The lowest BCUT2D eigenvalue weighted by atomic mass is 10.0. The van der Waals surface area contributed by atoms with Crippen LogP contribution in [0, 0.1) is 13.8 Å². The summed E-state index contributed by atoms with van der Waals surface area (Å²) < 4.78 is 5.65. The minimum Gasteiger partial charge on any atom is -0.366 e. The summed E-state index contributed by atoms with van der Waals surface area (Å²) in [6.07, 6.45) is 0.644. The Balaban J connectivity index is 1.61. The maximum Gasteiger partial charge on any atom is 0.251 e. The normalized spacial score (nSPS) is 10.8. The quantitative estimate of drug-likeness (QED) is 0.294. The standard InChI is InChI=1S/C21H22N2O2S/c1-15-8-16(2)10-18(9-15)11-19-12-20(24)23-21(22-19)26-14-25-13-17-6-4-3-5-7-17/h3-10,12H,11,13-14H2,1-2H3,(H,22,23,24). The van der Waals surface area contributed by atoms with Gasteiger partial charge in [0.05, 0.1) is 12.3 Å². The second-order valence-electron chi connectivity index (χ2n) is 6.31. The fourth-order valence-electron chi connectivity index (χ4n) is 2.85. The number of aromatic amines is 1. The van der Waals surface area contributed by atoms with Crippen LogP contribution in [0.5, 0.6) is 0 Å². The van der Waals surface area contributed by atoms with Gasteiger partial charge in [0.25, 0.3) is 5.56 Å². The van der Waals surface area contributed by atoms with Crippen molar-refractivity contribution in [3.8, 4) is 0 Å². The SMILES string of the molecule is Cc1cc(C)cc(Cc2cc(=O)[nH]c(SCOCc3ccccc3)n2)c1. The van der Waals surface area contributed by atoms with E-state index in [0.29, 0.717) is 24.1 Å². The number of aromatic nitrogens is 2. The van der Waals surface area contributed by atoms with Gasteiger partial charge < -0.3 is 9.72 Å². The van der Waals surface area contributed by atoms with Crippen LogP contribution in [-0.2, 0) is 17.8 Å². The van der Waals surface area contributed by atoms with Crippen LogP contribution in [-0.4, -0.2) is 15.9 Å². The molecule has 134 valence electrons. The third-order valence-corrected chi connectivity index (χ3v) is 4.58. The lowest BCUT2D eigenvalue weighted by Gasteiger charge is -2.07. The van der Waals surface area contributed by atoms with Crippen molar-refractivity contribution in [3.05, 3.63) is 92.9 Å². The van der Waals surface area contributed by atoms with Gasteiger partial charge in [-0.3, -0.25) is 4.79 Å². The number of thioether (sulfide) groups is 1. The number of ether oxygens (including phenoxy) is 1. The fraction of sp³-hybridized carbons (Fsp3) is 0.238. The fourth-order valence-corrected chi connectivity index (χ4v) is 3.49. The molecule has 0 aliphatic rings. The molecule has 2 aromatic carbocycles. The first-order valence-electron chi connectivity index (χ1n) is 8.50. The van der Waals surface area contributed by atoms with Crippen LogP contribution in [0.25, 0.3) is 0 Å². The number of nitrogens with zero attached hydrogens (tertiary/aromatic N) is 1. The van der Waals surface area contributed by atoms with Gasteiger partial charge in [-0.25, -0.2) is 4.98 Å². The van der Waals surface area contributed by atoms with Gasteiger partial charge in [-0.2, -0.15) is 0 Å². The van der Waals surface area contributed by atoms with Crippen molar-refractivity contribution >= 4 is 11.8 Å². The van der Waals surface area contributed by atoms with Crippen LogP contribution < -0.4 is 5.56 Å². The second kappa shape index (κ2) is 8.83. The van der Waals surface area contributed by atoms with Gasteiger partial charge >= 0.3 is 0 Å². The molecule has 4 nitrogen and oxygen atoms in total. The summed E-state index contributed by atoms with van der Waals surface area (Å²) in [5.74, 6) is 0.435. The van der Waals surface area contributed by atoms with Crippen molar-refractivity contribution in [2.75, 3.05) is 5.94 Å². The molecule has 0 saturated heterocycles. The lowest BCUT2D eigenvalue weighted by Crippen LogP contribution is -2.11. The molecule has 1 aromatic heterocycles. The molecule has 0 aliphatic heterocycles. The minimum absolute atomic E-state index is 0.134. The summed E-state index contributed by atoms with van der Waals surface area (Å²) in [5.41, 5.74) is 5.35. The van der Waals surface area contributed by atoms with Crippen LogP contribution in [0.15, 0.2) is 64.5 Å². The Morgan fingerprint density at radius 3 is 2.46 bits per heavy atom. The molecule has 1 N–H and O–H groups in total.